The van der Waals surface area contributed by atoms with Crippen LogP contribution >= 0.6 is 0 Å². The summed E-state index contributed by atoms with van der Waals surface area (Å²) in [7, 11) is 0. The molecule has 0 aromatic heterocycles. The van der Waals surface area contributed by atoms with Gasteiger partial charge in [0, 0.05) is 24.7 Å². The molecule has 4 rings (SSSR count). The fourth-order valence-corrected chi connectivity index (χ4v) is 5.50. The van der Waals surface area contributed by atoms with Gasteiger partial charge in [0.05, 0.1) is 12.5 Å². The number of carbonyl (C=O) groups is 3. The molecule has 1 aliphatic rings. The van der Waals surface area contributed by atoms with E-state index >= 15 is 0 Å². The van der Waals surface area contributed by atoms with Crippen molar-refractivity contribution in [1.29, 1.82) is 0 Å². The molecule has 3 aromatic carbocycles. The first-order valence-electron chi connectivity index (χ1n) is 16.0. The number of benzene rings is 3. The third-order valence-electron chi connectivity index (χ3n) is 7.92. The Bertz CT molecular complexity index is 1350. The Balaban J connectivity index is 1.24. The van der Waals surface area contributed by atoms with Crippen molar-refractivity contribution in [3.05, 3.63) is 102 Å². The Morgan fingerprint density at radius 1 is 0.800 bits per heavy atom. The van der Waals surface area contributed by atoms with Gasteiger partial charge in [-0.15, -0.1) is 0 Å². The molecule has 0 bridgehead atoms. The first-order valence-corrected chi connectivity index (χ1v) is 16.0. The Morgan fingerprint density at radius 3 is 2.04 bits per heavy atom. The molecule has 8 heteroatoms. The van der Waals surface area contributed by atoms with Crippen molar-refractivity contribution in [3.8, 4) is 0 Å². The van der Waals surface area contributed by atoms with Gasteiger partial charge >= 0.3 is 12.1 Å². The van der Waals surface area contributed by atoms with E-state index in [9.17, 15) is 14.4 Å². The van der Waals surface area contributed by atoms with E-state index in [0.29, 0.717) is 25.4 Å². The molecule has 45 heavy (non-hydrogen) atoms. The lowest BCUT2D eigenvalue weighted by molar-refractivity contribution is -0.144. The van der Waals surface area contributed by atoms with Crippen LogP contribution in [0.5, 0.6) is 0 Å². The van der Waals surface area contributed by atoms with Gasteiger partial charge in [0.2, 0.25) is 5.91 Å². The van der Waals surface area contributed by atoms with E-state index in [-0.39, 0.29) is 36.9 Å². The van der Waals surface area contributed by atoms with E-state index in [2.05, 4.69) is 28.1 Å². The van der Waals surface area contributed by atoms with Gasteiger partial charge in [-0.3, -0.25) is 9.59 Å². The number of hydrogen-bond donors (Lipinski definition) is 3. The summed E-state index contributed by atoms with van der Waals surface area (Å²) in [5, 5.41) is 9.65. The SMILES string of the molecule is CC(C)(C)OC(=O)NCC1CCC(C(=O)N[C@@H](CNc2ccc(CC(=O)OCc3ccccc3)cc2)Cc2ccccc2)CC1. The van der Waals surface area contributed by atoms with Crippen LogP contribution in [0.25, 0.3) is 0 Å². The molecule has 0 radical (unpaired) electrons. The Hall–Kier alpha value is -4.33. The minimum atomic E-state index is -0.521. The number of esters is 1. The van der Waals surface area contributed by atoms with Gasteiger partial charge in [-0.25, -0.2) is 4.79 Å². The highest BCUT2D eigenvalue weighted by Crippen LogP contribution is 2.29. The van der Waals surface area contributed by atoms with Crippen LogP contribution in [0.1, 0.15) is 63.1 Å². The Labute approximate surface area is 267 Å². The number of hydrogen-bond acceptors (Lipinski definition) is 6. The lowest BCUT2D eigenvalue weighted by Crippen LogP contribution is -2.45. The maximum Gasteiger partial charge on any atom is 0.407 e. The van der Waals surface area contributed by atoms with Crippen molar-refractivity contribution in [2.75, 3.05) is 18.4 Å². The predicted octanol–water partition coefficient (Wildman–Crippen LogP) is 6.44. The van der Waals surface area contributed by atoms with Gasteiger partial charge in [0.15, 0.2) is 0 Å². The standard InChI is InChI=1S/C37H47N3O5/c1-37(2,3)45-36(43)39-24-29-14-18-31(19-15-29)35(42)40-33(22-27-10-6-4-7-11-27)25-38-32-20-16-28(17-21-32)23-34(41)44-26-30-12-8-5-9-13-30/h4-13,16-17,20-21,29,31,33,38H,14-15,18-19,22-26H2,1-3H3,(H,39,43)(H,40,42)/t29?,31?,33-/m1/s1. The maximum absolute atomic E-state index is 13.4. The van der Waals surface area contributed by atoms with E-state index in [4.69, 9.17) is 9.47 Å². The zero-order chi connectivity index (χ0) is 32.1. The number of carbonyl (C=O) groups excluding carboxylic acids is 3. The van der Waals surface area contributed by atoms with Gasteiger partial charge in [-0.2, -0.15) is 0 Å². The molecule has 0 saturated heterocycles. The second kappa shape index (κ2) is 16.7. The van der Waals surface area contributed by atoms with E-state index < -0.39 is 11.7 Å². The van der Waals surface area contributed by atoms with Gasteiger partial charge in [-0.1, -0.05) is 72.8 Å². The van der Waals surface area contributed by atoms with E-state index in [1.165, 1.54) is 0 Å². The minimum absolute atomic E-state index is 0.0398. The summed E-state index contributed by atoms with van der Waals surface area (Å²) in [6, 6.07) is 27.5. The minimum Gasteiger partial charge on any atom is -0.461 e. The van der Waals surface area contributed by atoms with Crippen molar-refractivity contribution in [2.45, 2.75) is 77.5 Å². The van der Waals surface area contributed by atoms with Gasteiger partial charge in [-0.05, 0) is 87.6 Å². The third-order valence-corrected chi connectivity index (χ3v) is 7.92. The zero-order valence-corrected chi connectivity index (χ0v) is 26.7. The summed E-state index contributed by atoms with van der Waals surface area (Å²) in [6.07, 6.45) is 3.90. The number of ether oxygens (including phenoxy) is 2. The lowest BCUT2D eigenvalue weighted by atomic mass is 9.81. The van der Waals surface area contributed by atoms with Crippen LogP contribution in [0.3, 0.4) is 0 Å². The summed E-state index contributed by atoms with van der Waals surface area (Å²) in [4.78, 5) is 37.7. The van der Waals surface area contributed by atoms with Gasteiger partial charge in [0.1, 0.15) is 12.2 Å². The summed E-state index contributed by atoms with van der Waals surface area (Å²) < 4.78 is 10.8. The summed E-state index contributed by atoms with van der Waals surface area (Å²) >= 11 is 0. The molecule has 0 aliphatic heterocycles. The zero-order valence-electron chi connectivity index (χ0n) is 26.7. The summed E-state index contributed by atoms with van der Waals surface area (Å²) in [5.41, 5.74) is 3.40. The number of alkyl carbamates (subject to hydrolysis) is 1. The molecule has 1 atom stereocenters. The smallest absolute Gasteiger partial charge is 0.407 e. The largest absolute Gasteiger partial charge is 0.461 e. The highest BCUT2D eigenvalue weighted by Gasteiger charge is 2.28. The highest BCUT2D eigenvalue weighted by molar-refractivity contribution is 5.79. The van der Waals surface area contributed by atoms with Crippen LogP contribution in [0.2, 0.25) is 0 Å². The molecule has 0 heterocycles. The van der Waals surface area contributed by atoms with Crippen LogP contribution < -0.4 is 16.0 Å². The Morgan fingerprint density at radius 2 is 1.42 bits per heavy atom. The predicted molar refractivity (Wildman–Crippen MR) is 177 cm³/mol. The molecule has 1 saturated carbocycles. The third kappa shape index (κ3) is 12.3. The van der Waals surface area contributed by atoms with E-state index in [1.54, 1.807) is 0 Å². The maximum atomic E-state index is 13.4. The van der Waals surface area contributed by atoms with Crippen LogP contribution in [-0.4, -0.2) is 42.7 Å². The second-order valence-electron chi connectivity index (χ2n) is 12.9. The quantitative estimate of drug-likeness (QED) is 0.192. The fourth-order valence-electron chi connectivity index (χ4n) is 5.50. The van der Waals surface area contributed by atoms with Crippen LogP contribution in [-0.2, 0) is 38.5 Å². The second-order valence-corrected chi connectivity index (χ2v) is 12.9. The molecule has 2 amide bonds. The van der Waals surface area contributed by atoms with Crippen molar-refractivity contribution >= 4 is 23.7 Å². The first kappa shape index (κ1) is 33.6. The van der Waals surface area contributed by atoms with Crippen LogP contribution in [0, 0.1) is 11.8 Å². The molecular weight excluding hydrogens is 566 g/mol. The van der Waals surface area contributed by atoms with Gasteiger partial charge < -0.3 is 25.4 Å². The molecule has 1 aliphatic carbocycles. The van der Waals surface area contributed by atoms with Crippen LogP contribution in [0.4, 0.5) is 10.5 Å². The molecule has 8 nitrogen and oxygen atoms in total. The average Bonchev–Trinajstić information content (AvgIpc) is 3.03. The molecule has 240 valence electrons. The molecular formula is C37H47N3O5. The van der Waals surface area contributed by atoms with Crippen molar-refractivity contribution in [1.82, 2.24) is 10.6 Å². The molecule has 0 spiro atoms. The summed E-state index contributed by atoms with van der Waals surface area (Å²) in [5.74, 6) is 0.123. The fraction of sp³-hybridized carbons (Fsp3) is 0.432. The number of rotatable bonds is 13. The van der Waals surface area contributed by atoms with E-state index in [0.717, 1.165) is 48.1 Å². The Kier molecular flexibility index (Phi) is 12.4. The van der Waals surface area contributed by atoms with Crippen molar-refractivity contribution < 1.29 is 23.9 Å². The molecule has 3 aromatic rings. The number of anilines is 1. The summed E-state index contributed by atoms with van der Waals surface area (Å²) in [6.45, 7) is 6.94. The van der Waals surface area contributed by atoms with Crippen LogP contribution in [0.15, 0.2) is 84.9 Å². The normalized spacial score (nSPS) is 17.0. The lowest BCUT2D eigenvalue weighted by Gasteiger charge is -2.30. The topological polar surface area (TPSA) is 106 Å². The highest BCUT2D eigenvalue weighted by atomic mass is 16.6. The first-order chi connectivity index (χ1) is 21.6. The number of amides is 2. The molecule has 0 unspecified atom stereocenters. The molecule has 1 fully saturated rings. The van der Waals surface area contributed by atoms with Gasteiger partial charge in [0.25, 0.3) is 0 Å². The van der Waals surface area contributed by atoms with Crippen molar-refractivity contribution in [3.63, 3.8) is 0 Å². The van der Waals surface area contributed by atoms with E-state index in [1.807, 2.05) is 93.6 Å². The average molecular weight is 614 g/mol. The van der Waals surface area contributed by atoms with Crippen molar-refractivity contribution in [2.24, 2.45) is 11.8 Å². The monoisotopic (exact) mass is 613 g/mol. The number of nitrogens with one attached hydrogen (secondary N) is 3. The molecule has 3 N–H and O–H groups in total.